The molecule has 5 nitrogen and oxygen atoms in total. The van der Waals surface area contributed by atoms with E-state index in [1.54, 1.807) is 32.2 Å². The Bertz CT molecular complexity index is 699. The molecule has 2 rings (SSSR count). The summed E-state index contributed by atoms with van der Waals surface area (Å²) in [5.41, 5.74) is 0.685. The van der Waals surface area contributed by atoms with Crippen LogP contribution < -0.4 is 10.0 Å². The van der Waals surface area contributed by atoms with E-state index >= 15 is 0 Å². The fourth-order valence-corrected chi connectivity index (χ4v) is 3.30. The highest BCUT2D eigenvalue weighted by Crippen LogP contribution is 2.20. The zero-order valence-corrected chi connectivity index (χ0v) is 12.6. The van der Waals surface area contributed by atoms with Crippen LogP contribution in [0.2, 0.25) is 0 Å². The van der Waals surface area contributed by atoms with E-state index in [0.717, 1.165) is 6.07 Å². The molecular formula is C14H17FN2O3S. The lowest BCUT2D eigenvalue weighted by atomic mass is 10.2. The Kier molecular flexibility index (Phi) is 4.76. The molecule has 0 aliphatic heterocycles. The van der Waals surface area contributed by atoms with Gasteiger partial charge in [-0.3, -0.25) is 0 Å². The fraction of sp³-hybridized carbons (Fsp3) is 0.286. The van der Waals surface area contributed by atoms with Crippen molar-refractivity contribution in [2.75, 3.05) is 7.05 Å². The van der Waals surface area contributed by atoms with Gasteiger partial charge in [-0.2, -0.15) is 0 Å². The first kappa shape index (κ1) is 15.7. The third-order valence-electron chi connectivity index (χ3n) is 2.97. The molecule has 1 heterocycles. The first-order chi connectivity index (χ1) is 9.94. The van der Waals surface area contributed by atoms with Crippen LogP contribution in [0.3, 0.4) is 0 Å². The van der Waals surface area contributed by atoms with Crippen molar-refractivity contribution < 1.29 is 17.2 Å². The summed E-state index contributed by atoms with van der Waals surface area (Å²) in [5.74, 6) is -0.320. The van der Waals surface area contributed by atoms with Crippen molar-refractivity contribution in [2.24, 2.45) is 0 Å². The van der Waals surface area contributed by atoms with Gasteiger partial charge in [-0.05, 0) is 43.8 Å². The Labute approximate surface area is 123 Å². The van der Waals surface area contributed by atoms with Crippen molar-refractivity contribution in [2.45, 2.75) is 24.4 Å². The summed E-state index contributed by atoms with van der Waals surface area (Å²) in [6.07, 6.45) is 1.45. The van der Waals surface area contributed by atoms with Crippen LogP contribution in [0.15, 0.2) is 45.9 Å². The molecule has 0 spiro atoms. The molecule has 1 aromatic heterocycles. The summed E-state index contributed by atoms with van der Waals surface area (Å²) in [7, 11) is -2.24. The molecule has 1 aromatic carbocycles. The summed E-state index contributed by atoms with van der Waals surface area (Å²) >= 11 is 0. The van der Waals surface area contributed by atoms with E-state index in [1.165, 1.54) is 12.3 Å². The number of hydrogen-bond donors (Lipinski definition) is 2. The van der Waals surface area contributed by atoms with Gasteiger partial charge >= 0.3 is 0 Å². The predicted octanol–water partition coefficient (Wildman–Crippen LogP) is 2.18. The molecule has 0 aliphatic rings. The van der Waals surface area contributed by atoms with E-state index < -0.39 is 21.9 Å². The lowest BCUT2D eigenvalue weighted by Gasteiger charge is -2.13. The summed E-state index contributed by atoms with van der Waals surface area (Å²) in [5, 5.41) is 2.89. The molecule has 0 radical (unpaired) electrons. The quantitative estimate of drug-likeness (QED) is 0.857. The lowest BCUT2D eigenvalue weighted by Crippen LogP contribution is -2.27. The van der Waals surface area contributed by atoms with Crippen molar-refractivity contribution in [3.05, 3.63) is 53.7 Å². The number of sulfonamides is 1. The summed E-state index contributed by atoms with van der Waals surface area (Å²) in [6, 6.07) is 6.75. The molecule has 2 aromatic rings. The smallest absolute Gasteiger partial charge is 0.244 e. The minimum Gasteiger partial charge on any atom is -0.468 e. The Morgan fingerprint density at radius 2 is 2.10 bits per heavy atom. The predicted molar refractivity (Wildman–Crippen MR) is 76.6 cm³/mol. The topological polar surface area (TPSA) is 71.3 Å². The van der Waals surface area contributed by atoms with Crippen LogP contribution in [0.1, 0.15) is 24.3 Å². The van der Waals surface area contributed by atoms with Gasteiger partial charge < -0.3 is 9.73 Å². The third kappa shape index (κ3) is 3.69. The first-order valence-corrected chi connectivity index (χ1v) is 7.91. The van der Waals surface area contributed by atoms with Gasteiger partial charge in [-0.15, -0.1) is 0 Å². The highest BCUT2D eigenvalue weighted by Gasteiger charge is 2.23. The maximum absolute atomic E-state index is 13.8. The van der Waals surface area contributed by atoms with Crippen molar-refractivity contribution >= 4 is 10.0 Å². The Hall–Kier alpha value is -1.70. The van der Waals surface area contributed by atoms with E-state index in [1.807, 2.05) is 0 Å². The number of benzene rings is 1. The SMILES string of the molecule is CNCc1ccc(F)c(S(=O)(=O)NC(C)c2ccco2)c1. The minimum atomic E-state index is -3.97. The van der Waals surface area contributed by atoms with Gasteiger partial charge in [-0.25, -0.2) is 17.5 Å². The van der Waals surface area contributed by atoms with Crippen molar-refractivity contribution in [3.63, 3.8) is 0 Å². The largest absolute Gasteiger partial charge is 0.468 e. The maximum Gasteiger partial charge on any atom is 0.244 e. The second-order valence-corrected chi connectivity index (χ2v) is 6.34. The van der Waals surface area contributed by atoms with Crippen LogP contribution in [0, 0.1) is 5.82 Å². The third-order valence-corrected chi connectivity index (χ3v) is 4.52. The number of halogens is 1. The molecule has 21 heavy (non-hydrogen) atoms. The zero-order valence-electron chi connectivity index (χ0n) is 11.8. The maximum atomic E-state index is 13.8. The van der Waals surface area contributed by atoms with Crippen LogP contribution in [0.25, 0.3) is 0 Å². The molecule has 0 fully saturated rings. The van der Waals surface area contributed by atoms with Gasteiger partial charge in [0, 0.05) is 6.54 Å². The van der Waals surface area contributed by atoms with Gasteiger partial charge in [0.1, 0.15) is 16.5 Å². The Balaban J connectivity index is 2.28. The van der Waals surface area contributed by atoms with E-state index in [0.29, 0.717) is 17.9 Å². The molecule has 114 valence electrons. The molecular weight excluding hydrogens is 295 g/mol. The van der Waals surface area contributed by atoms with Crippen molar-refractivity contribution in [3.8, 4) is 0 Å². The van der Waals surface area contributed by atoms with E-state index in [4.69, 9.17) is 4.42 Å². The normalized spacial score (nSPS) is 13.3. The number of furan rings is 1. The summed E-state index contributed by atoms with van der Waals surface area (Å²) in [6.45, 7) is 2.09. The average molecular weight is 312 g/mol. The van der Waals surface area contributed by atoms with Crippen molar-refractivity contribution in [1.29, 1.82) is 0 Å². The first-order valence-electron chi connectivity index (χ1n) is 6.43. The van der Waals surface area contributed by atoms with E-state index in [-0.39, 0.29) is 4.90 Å². The van der Waals surface area contributed by atoms with Crippen LogP contribution in [0.4, 0.5) is 4.39 Å². The molecule has 1 unspecified atom stereocenters. The van der Waals surface area contributed by atoms with Gasteiger partial charge in [0.2, 0.25) is 10.0 Å². The van der Waals surface area contributed by atoms with Gasteiger partial charge in [-0.1, -0.05) is 6.07 Å². The Morgan fingerprint density at radius 3 is 2.71 bits per heavy atom. The molecule has 0 saturated carbocycles. The highest BCUT2D eigenvalue weighted by atomic mass is 32.2. The molecule has 7 heteroatoms. The zero-order chi connectivity index (χ0) is 15.5. The highest BCUT2D eigenvalue weighted by molar-refractivity contribution is 7.89. The van der Waals surface area contributed by atoms with Crippen LogP contribution in [0.5, 0.6) is 0 Å². The monoisotopic (exact) mass is 312 g/mol. The average Bonchev–Trinajstić information content (AvgIpc) is 2.94. The number of rotatable bonds is 6. The van der Waals surface area contributed by atoms with Gasteiger partial charge in [0.15, 0.2) is 0 Å². The molecule has 0 bridgehead atoms. The standard InChI is InChI=1S/C14H17FN2O3S/c1-10(13-4-3-7-20-13)17-21(18,19)14-8-11(9-16-2)5-6-12(14)15/h3-8,10,16-17H,9H2,1-2H3. The lowest BCUT2D eigenvalue weighted by molar-refractivity contribution is 0.458. The fourth-order valence-electron chi connectivity index (χ4n) is 1.96. The minimum absolute atomic E-state index is 0.367. The number of hydrogen-bond acceptors (Lipinski definition) is 4. The molecule has 0 aliphatic carbocycles. The summed E-state index contributed by atoms with van der Waals surface area (Å²) in [4.78, 5) is -0.367. The van der Waals surface area contributed by atoms with Crippen LogP contribution in [-0.4, -0.2) is 15.5 Å². The molecule has 1 atom stereocenters. The van der Waals surface area contributed by atoms with Crippen molar-refractivity contribution in [1.82, 2.24) is 10.0 Å². The number of nitrogens with one attached hydrogen (secondary N) is 2. The second kappa shape index (κ2) is 6.38. The molecule has 0 saturated heterocycles. The van der Waals surface area contributed by atoms with Crippen LogP contribution >= 0.6 is 0 Å². The second-order valence-electron chi connectivity index (χ2n) is 4.65. The van der Waals surface area contributed by atoms with Gasteiger partial charge in [0.05, 0.1) is 12.3 Å². The van der Waals surface area contributed by atoms with Gasteiger partial charge in [0.25, 0.3) is 0 Å². The molecule has 0 amide bonds. The Morgan fingerprint density at radius 1 is 1.33 bits per heavy atom. The summed E-state index contributed by atoms with van der Waals surface area (Å²) < 4.78 is 46.0. The van der Waals surface area contributed by atoms with E-state index in [2.05, 4.69) is 10.0 Å². The molecule has 2 N–H and O–H groups in total. The van der Waals surface area contributed by atoms with E-state index in [9.17, 15) is 12.8 Å². The van der Waals surface area contributed by atoms with Crippen LogP contribution in [-0.2, 0) is 16.6 Å².